The number of para-hydroxylation sites is 1. The number of piperazine rings is 1. The van der Waals surface area contributed by atoms with Crippen molar-refractivity contribution in [1.29, 1.82) is 0 Å². The van der Waals surface area contributed by atoms with Crippen LogP contribution in [0.1, 0.15) is 32.5 Å². The Bertz CT molecular complexity index is 1210. The van der Waals surface area contributed by atoms with Crippen molar-refractivity contribution in [1.82, 2.24) is 19.3 Å². The van der Waals surface area contributed by atoms with Crippen LogP contribution in [0.5, 0.6) is 5.75 Å². The Morgan fingerprint density at radius 1 is 1.16 bits per heavy atom. The summed E-state index contributed by atoms with van der Waals surface area (Å²) in [5.74, 6) is 0.556. The van der Waals surface area contributed by atoms with E-state index < -0.39 is 10.0 Å². The summed E-state index contributed by atoms with van der Waals surface area (Å²) in [6, 6.07) is 7.07. The molecule has 2 aromatic heterocycles. The van der Waals surface area contributed by atoms with Crippen LogP contribution < -0.4 is 4.74 Å². The van der Waals surface area contributed by atoms with Crippen LogP contribution in [0.25, 0.3) is 0 Å². The molecule has 0 unspecified atom stereocenters. The number of hydrogen-bond donors (Lipinski definition) is 0. The zero-order valence-electron chi connectivity index (χ0n) is 18.1. The summed E-state index contributed by atoms with van der Waals surface area (Å²) >= 11 is 1.55. The molecule has 1 aromatic carbocycles. The number of carbonyl (C=O) groups is 1. The molecule has 0 N–H and O–H groups in total. The number of amides is 1. The topological polar surface area (TPSA) is 106 Å². The molecule has 170 valence electrons. The number of aromatic nitrogens is 2. The van der Waals surface area contributed by atoms with Crippen molar-refractivity contribution in [3.63, 3.8) is 0 Å². The van der Waals surface area contributed by atoms with Crippen LogP contribution in [0.4, 0.5) is 0 Å². The van der Waals surface area contributed by atoms with Gasteiger partial charge in [0.25, 0.3) is 5.91 Å². The highest BCUT2D eigenvalue weighted by Gasteiger charge is 2.34. The first kappa shape index (κ1) is 22.4. The maximum atomic E-state index is 13.2. The van der Waals surface area contributed by atoms with E-state index in [1.807, 2.05) is 18.4 Å². The van der Waals surface area contributed by atoms with E-state index in [9.17, 15) is 13.2 Å². The van der Waals surface area contributed by atoms with Crippen LogP contribution in [0.3, 0.4) is 0 Å². The molecule has 32 heavy (non-hydrogen) atoms. The zero-order valence-corrected chi connectivity index (χ0v) is 19.7. The van der Waals surface area contributed by atoms with Crippen LogP contribution in [-0.4, -0.2) is 59.8 Å². The lowest BCUT2D eigenvalue weighted by molar-refractivity contribution is 0.0693. The van der Waals surface area contributed by atoms with E-state index >= 15 is 0 Å². The maximum absolute atomic E-state index is 13.2. The number of thiazole rings is 1. The molecule has 4 rings (SSSR count). The molecule has 0 saturated carbocycles. The summed E-state index contributed by atoms with van der Waals surface area (Å²) in [6.45, 7) is 6.33. The van der Waals surface area contributed by atoms with Gasteiger partial charge in [0.15, 0.2) is 5.76 Å². The van der Waals surface area contributed by atoms with Gasteiger partial charge in [0.05, 0.1) is 16.3 Å². The molecule has 9 nitrogen and oxygen atoms in total. The van der Waals surface area contributed by atoms with E-state index in [0.29, 0.717) is 17.0 Å². The number of rotatable bonds is 6. The Morgan fingerprint density at radius 3 is 2.50 bits per heavy atom. The predicted molar refractivity (Wildman–Crippen MR) is 118 cm³/mol. The predicted octanol–water partition coefficient (Wildman–Crippen LogP) is 2.78. The Balaban J connectivity index is 1.44. The van der Waals surface area contributed by atoms with E-state index in [1.165, 1.54) is 4.31 Å². The number of carbonyl (C=O) groups excluding carboxylic acids is 1. The molecular weight excluding hydrogens is 452 g/mol. The molecule has 11 heteroatoms. The Morgan fingerprint density at radius 2 is 1.88 bits per heavy atom. The third kappa shape index (κ3) is 4.41. The van der Waals surface area contributed by atoms with E-state index in [-0.39, 0.29) is 49.3 Å². The monoisotopic (exact) mass is 476 g/mol. The van der Waals surface area contributed by atoms with Crippen LogP contribution in [0, 0.1) is 20.8 Å². The molecule has 0 spiro atoms. The molecule has 0 radical (unpaired) electrons. The highest BCUT2D eigenvalue weighted by Crippen LogP contribution is 2.26. The third-order valence-electron chi connectivity index (χ3n) is 5.25. The molecule has 0 atom stereocenters. The molecule has 1 saturated heterocycles. The minimum atomic E-state index is -3.73. The first-order valence-corrected chi connectivity index (χ1v) is 12.4. The van der Waals surface area contributed by atoms with Gasteiger partial charge < -0.3 is 14.2 Å². The van der Waals surface area contributed by atoms with Gasteiger partial charge in [-0.25, -0.2) is 13.4 Å². The molecule has 0 bridgehead atoms. The standard InChI is InChI=1S/C21H24N4O5S2/c1-14-20(15(2)30-23-14)32(27,28)25-10-8-24(9-11-25)21(26)18-6-4-5-7-19(18)29-12-17-13-31-16(3)22-17/h4-7,13H,8-12H2,1-3H3. The van der Waals surface area contributed by atoms with E-state index in [0.717, 1.165) is 10.7 Å². The fourth-order valence-corrected chi connectivity index (χ4v) is 5.98. The largest absolute Gasteiger partial charge is 0.486 e. The fraction of sp³-hybridized carbons (Fsp3) is 0.381. The SMILES string of the molecule is Cc1nc(COc2ccccc2C(=O)N2CCN(S(=O)(=O)c3c(C)noc3C)CC2)cs1. The first-order valence-electron chi connectivity index (χ1n) is 10.1. The summed E-state index contributed by atoms with van der Waals surface area (Å²) in [5.41, 5.74) is 1.59. The van der Waals surface area contributed by atoms with Crippen LogP contribution >= 0.6 is 11.3 Å². The lowest BCUT2D eigenvalue weighted by Crippen LogP contribution is -2.50. The van der Waals surface area contributed by atoms with Gasteiger partial charge in [-0.2, -0.15) is 4.31 Å². The molecule has 1 amide bonds. The first-order chi connectivity index (χ1) is 15.3. The van der Waals surface area contributed by atoms with Gasteiger partial charge in [0, 0.05) is 31.6 Å². The van der Waals surface area contributed by atoms with Gasteiger partial charge in [-0.1, -0.05) is 17.3 Å². The van der Waals surface area contributed by atoms with Gasteiger partial charge in [0.2, 0.25) is 10.0 Å². The smallest absolute Gasteiger partial charge is 0.257 e. The number of nitrogens with zero attached hydrogens (tertiary/aromatic N) is 4. The maximum Gasteiger partial charge on any atom is 0.257 e. The summed E-state index contributed by atoms with van der Waals surface area (Å²) in [5, 5.41) is 6.63. The summed E-state index contributed by atoms with van der Waals surface area (Å²) in [6.07, 6.45) is 0. The summed E-state index contributed by atoms with van der Waals surface area (Å²) in [7, 11) is -3.73. The second kappa shape index (κ2) is 9.00. The van der Waals surface area contributed by atoms with Gasteiger partial charge in [-0.05, 0) is 32.9 Å². The van der Waals surface area contributed by atoms with E-state index in [1.54, 1.807) is 48.3 Å². The van der Waals surface area contributed by atoms with Crippen LogP contribution in [-0.2, 0) is 16.6 Å². The van der Waals surface area contributed by atoms with Crippen molar-refractivity contribution < 1.29 is 22.5 Å². The van der Waals surface area contributed by atoms with Crippen LogP contribution in [0.15, 0.2) is 39.1 Å². The molecule has 0 aliphatic carbocycles. The lowest BCUT2D eigenvalue weighted by atomic mass is 10.1. The summed E-state index contributed by atoms with van der Waals surface area (Å²) in [4.78, 5) is 19.3. The molecule has 1 aliphatic heterocycles. The summed E-state index contributed by atoms with van der Waals surface area (Å²) < 4.78 is 38.3. The average molecular weight is 477 g/mol. The second-order valence-corrected chi connectivity index (χ2v) is 10.4. The van der Waals surface area contributed by atoms with Crippen molar-refractivity contribution in [3.8, 4) is 5.75 Å². The van der Waals surface area contributed by atoms with Gasteiger partial charge in [-0.3, -0.25) is 4.79 Å². The highest BCUT2D eigenvalue weighted by atomic mass is 32.2. The van der Waals surface area contributed by atoms with Gasteiger partial charge in [-0.15, -0.1) is 11.3 Å². The van der Waals surface area contributed by atoms with Crippen molar-refractivity contribution in [2.24, 2.45) is 0 Å². The molecule has 1 fully saturated rings. The number of ether oxygens (including phenoxy) is 1. The Labute approximate surface area is 190 Å². The van der Waals surface area contributed by atoms with Crippen LogP contribution in [0.2, 0.25) is 0 Å². The number of benzene rings is 1. The second-order valence-electron chi connectivity index (χ2n) is 7.49. The molecule has 1 aliphatic rings. The number of hydrogen-bond acceptors (Lipinski definition) is 8. The van der Waals surface area contributed by atoms with Gasteiger partial charge in [0.1, 0.15) is 22.9 Å². The number of aryl methyl sites for hydroxylation is 3. The number of sulfonamides is 1. The highest BCUT2D eigenvalue weighted by molar-refractivity contribution is 7.89. The minimum Gasteiger partial charge on any atom is -0.486 e. The third-order valence-corrected chi connectivity index (χ3v) is 8.22. The minimum absolute atomic E-state index is 0.105. The lowest BCUT2D eigenvalue weighted by Gasteiger charge is -2.34. The molecule has 3 aromatic rings. The van der Waals surface area contributed by atoms with Gasteiger partial charge >= 0.3 is 0 Å². The Kier molecular flexibility index (Phi) is 6.31. The van der Waals surface area contributed by atoms with Crippen molar-refractivity contribution in [2.75, 3.05) is 26.2 Å². The van der Waals surface area contributed by atoms with E-state index in [2.05, 4.69) is 10.1 Å². The fourth-order valence-electron chi connectivity index (χ4n) is 3.67. The normalized spacial score (nSPS) is 15.2. The van der Waals surface area contributed by atoms with Crippen molar-refractivity contribution in [2.45, 2.75) is 32.3 Å². The average Bonchev–Trinajstić information content (AvgIpc) is 3.36. The zero-order chi connectivity index (χ0) is 22.9. The molecular formula is C21H24N4O5S2. The van der Waals surface area contributed by atoms with E-state index in [4.69, 9.17) is 9.26 Å². The molecule has 3 heterocycles. The Hall–Kier alpha value is -2.76. The van der Waals surface area contributed by atoms with Crippen molar-refractivity contribution >= 4 is 27.3 Å². The van der Waals surface area contributed by atoms with Crippen molar-refractivity contribution in [3.05, 3.63) is 57.4 Å². The quantitative estimate of drug-likeness (QED) is 0.539.